The van der Waals surface area contributed by atoms with Crippen molar-refractivity contribution in [3.05, 3.63) is 68.4 Å². The molecular formula is C19H15N5O2S3. The van der Waals surface area contributed by atoms with Gasteiger partial charge in [-0.15, -0.1) is 34.0 Å². The lowest BCUT2D eigenvalue weighted by molar-refractivity contribution is -0.120. The highest BCUT2D eigenvalue weighted by Crippen LogP contribution is 2.21. The van der Waals surface area contributed by atoms with Crippen LogP contribution in [0.15, 0.2) is 52.8 Å². The molecule has 0 saturated heterocycles. The van der Waals surface area contributed by atoms with E-state index >= 15 is 0 Å². The highest BCUT2D eigenvalue weighted by atomic mass is 32.1. The Morgan fingerprint density at radius 3 is 2.66 bits per heavy atom. The van der Waals surface area contributed by atoms with E-state index in [1.807, 2.05) is 29.0 Å². The summed E-state index contributed by atoms with van der Waals surface area (Å²) < 4.78 is 0. The maximum Gasteiger partial charge on any atom is 0.267 e. The molecule has 0 bridgehead atoms. The summed E-state index contributed by atoms with van der Waals surface area (Å²) in [7, 11) is 0. The summed E-state index contributed by atoms with van der Waals surface area (Å²) in [6, 6.07) is 7.36. The van der Waals surface area contributed by atoms with Gasteiger partial charge in [0, 0.05) is 28.7 Å². The average Bonchev–Trinajstić information content (AvgIpc) is 3.49. The van der Waals surface area contributed by atoms with Crippen LogP contribution in [-0.2, 0) is 17.8 Å². The van der Waals surface area contributed by atoms with E-state index in [1.54, 1.807) is 23.8 Å². The summed E-state index contributed by atoms with van der Waals surface area (Å²) >= 11 is 4.16. The second kappa shape index (κ2) is 9.03. The van der Waals surface area contributed by atoms with Gasteiger partial charge in [-0.1, -0.05) is 6.07 Å². The van der Waals surface area contributed by atoms with Crippen LogP contribution in [0.5, 0.6) is 0 Å². The third kappa shape index (κ3) is 5.11. The van der Waals surface area contributed by atoms with Gasteiger partial charge in [0.1, 0.15) is 5.01 Å². The normalized spacial score (nSPS) is 10.6. The lowest BCUT2D eigenvalue weighted by atomic mass is 10.2. The molecule has 2 N–H and O–H groups in total. The van der Waals surface area contributed by atoms with E-state index < -0.39 is 0 Å². The van der Waals surface area contributed by atoms with Crippen LogP contribution in [0.4, 0.5) is 5.13 Å². The van der Waals surface area contributed by atoms with E-state index in [0.717, 1.165) is 16.3 Å². The highest BCUT2D eigenvalue weighted by molar-refractivity contribution is 7.14. The maximum atomic E-state index is 12.2. The van der Waals surface area contributed by atoms with Gasteiger partial charge in [-0.05, 0) is 23.6 Å². The molecule has 0 saturated carbocycles. The number of hydrogen-bond acceptors (Lipinski definition) is 8. The average molecular weight is 442 g/mol. The van der Waals surface area contributed by atoms with Crippen LogP contribution >= 0.6 is 34.0 Å². The molecule has 0 aromatic carbocycles. The van der Waals surface area contributed by atoms with E-state index in [9.17, 15) is 9.59 Å². The largest absolute Gasteiger partial charge is 0.349 e. The first kappa shape index (κ1) is 19.4. The summed E-state index contributed by atoms with van der Waals surface area (Å²) in [5.41, 5.74) is 2.48. The topological polar surface area (TPSA) is 96.9 Å². The minimum Gasteiger partial charge on any atom is -0.349 e. The number of rotatable bonds is 7. The number of thiazole rings is 2. The molecule has 7 nitrogen and oxygen atoms in total. The molecule has 0 fully saturated rings. The monoisotopic (exact) mass is 441 g/mol. The van der Waals surface area contributed by atoms with Crippen molar-refractivity contribution >= 4 is 51.0 Å². The van der Waals surface area contributed by atoms with Gasteiger partial charge in [0.25, 0.3) is 5.91 Å². The molecule has 0 spiro atoms. The zero-order chi connectivity index (χ0) is 20.1. The van der Waals surface area contributed by atoms with Gasteiger partial charge in [-0.3, -0.25) is 19.9 Å². The third-order valence-corrected chi connectivity index (χ3v) is 6.35. The molecule has 0 radical (unpaired) electrons. The van der Waals surface area contributed by atoms with Crippen molar-refractivity contribution < 1.29 is 9.59 Å². The summed E-state index contributed by atoms with van der Waals surface area (Å²) in [5, 5.41) is 12.5. The molecule has 4 aromatic heterocycles. The van der Waals surface area contributed by atoms with Gasteiger partial charge in [0.15, 0.2) is 5.13 Å². The van der Waals surface area contributed by atoms with Gasteiger partial charge >= 0.3 is 0 Å². The van der Waals surface area contributed by atoms with Crippen LogP contribution in [-0.4, -0.2) is 26.8 Å². The number of nitrogens with zero attached hydrogens (tertiary/aromatic N) is 3. The Balaban J connectivity index is 1.28. The van der Waals surface area contributed by atoms with Crippen LogP contribution in [0.2, 0.25) is 0 Å². The fourth-order valence-electron chi connectivity index (χ4n) is 2.46. The number of carbonyl (C=O) groups is 2. The number of carbonyl (C=O) groups excluding carboxylic acids is 2. The van der Waals surface area contributed by atoms with Crippen molar-refractivity contribution in [2.24, 2.45) is 0 Å². The lowest BCUT2D eigenvalue weighted by Gasteiger charge is -2.01. The smallest absolute Gasteiger partial charge is 0.267 e. The second-order valence-electron chi connectivity index (χ2n) is 5.89. The van der Waals surface area contributed by atoms with Crippen LogP contribution in [0.3, 0.4) is 0 Å². The maximum absolute atomic E-state index is 12.2. The zero-order valence-electron chi connectivity index (χ0n) is 15.0. The van der Waals surface area contributed by atoms with Crippen LogP contribution in [0.25, 0.3) is 11.3 Å². The van der Waals surface area contributed by atoms with E-state index in [4.69, 9.17) is 0 Å². The Hall–Kier alpha value is -2.95. The van der Waals surface area contributed by atoms with Gasteiger partial charge < -0.3 is 5.32 Å². The second-order valence-corrected chi connectivity index (χ2v) is 8.64. The van der Waals surface area contributed by atoms with Crippen LogP contribution < -0.4 is 10.6 Å². The molecule has 0 aliphatic heterocycles. The van der Waals surface area contributed by atoms with Gasteiger partial charge in [-0.2, -0.15) is 0 Å². The molecule has 0 aliphatic carbocycles. The summed E-state index contributed by atoms with van der Waals surface area (Å²) in [6.07, 6.45) is 3.59. The van der Waals surface area contributed by atoms with E-state index in [2.05, 4.69) is 25.6 Å². The predicted octanol–water partition coefficient (Wildman–Crippen LogP) is 3.83. The first-order valence-electron chi connectivity index (χ1n) is 8.58. The van der Waals surface area contributed by atoms with Crippen molar-refractivity contribution in [3.63, 3.8) is 0 Å². The number of nitrogens with one attached hydrogen (secondary N) is 2. The summed E-state index contributed by atoms with van der Waals surface area (Å²) in [4.78, 5) is 37.7. The quantitative estimate of drug-likeness (QED) is 0.454. The van der Waals surface area contributed by atoms with Crippen LogP contribution in [0, 0.1) is 0 Å². The molecule has 0 aliphatic rings. The van der Waals surface area contributed by atoms with E-state index in [1.165, 1.54) is 34.0 Å². The molecule has 10 heteroatoms. The van der Waals surface area contributed by atoms with E-state index in [-0.39, 0.29) is 18.2 Å². The number of pyridine rings is 1. The van der Waals surface area contributed by atoms with Crippen molar-refractivity contribution in [1.82, 2.24) is 20.3 Å². The standard InChI is InChI=1S/C19H15N5O2S3/c25-16(21-9-17-23-14(11-28-17)12-3-5-20-6-4-12)8-13-10-29-19(22-13)24-18(26)15-2-1-7-27-15/h1-7,10-11H,8-9H2,(H,21,25)(H,22,24,26). The van der Waals surface area contributed by atoms with Crippen molar-refractivity contribution in [2.75, 3.05) is 5.32 Å². The Kier molecular flexibility index (Phi) is 6.03. The molecule has 2 amide bonds. The Labute approximate surface area is 178 Å². The molecule has 4 rings (SSSR count). The predicted molar refractivity (Wildman–Crippen MR) is 115 cm³/mol. The molecule has 146 valence electrons. The zero-order valence-corrected chi connectivity index (χ0v) is 17.4. The van der Waals surface area contributed by atoms with Gasteiger partial charge in [0.2, 0.25) is 5.91 Å². The fraction of sp³-hybridized carbons (Fsp3) is 0.105. The third-order valence-electron chi connectivity index (χ3n) is 3.82. The lowest BCUT2D eigenvalue weighted by Crippen LogP contribution is -2.24. The number of hydrogen-bond donors (Lipinski definition) is 2. The van der Waals surface area contributed by atoms with E-state index in [0.29, 0.717) is 22.2 Å². The van der Waals surface area contributed by atoms with Gasteiger partial charge in [-0.25, -0.2) is 9.97 Å². The van der Waals surface area contributed by atoms with Gasteiger partial charge in [0.05, 0.1) is 29.2 Å². The molecular weight excluding hydrogens is 426 g/mol. The number of thiophene rings is 1. The number of aromatic nitrogens is 3. The Bertz CT molecular complexity index is 1110. The molecule has 29 heavy (non-hydrogen) atoms. The highest BCUT2D eigenvalue weighted by Gasteiger charge is 2.12. The minimum atomic E-state index is -0.195. The Morgan fingerprint density at radius 2 is 1.86 bits per heavy atom. The van der Waals surface area contributed by atoms with Crippen LogP contribution in [0.1, 0.15) is 20.4 Å². The fourth-order valence-corrected chi connectivity index (χ4v) is 4.53. The summed E-state index contributed by atoms with van der Waals surface area (Å²) in [6.45, 7) is 0.362. The van der Waals surface area contributed by atoms with Crippen molar-refractivity contribution in [3.8, 4) is 11.3 Å². The summed E-state index contributed by atoms with van der Waals surface area (Å²) in [5.74, 6) is -0.341. The SMILES string of the molecule is O=C(Cc1csc(NC(=O)c2cccs2)n1)NCc1nc(-c2ccncc2)cs1. The molecule has 4 heterocycles. The molecule has 0 atom stereocenters. The minimum absolute atomic E-state index is 0.146. The first-order chi connectivity index (χ1) is 14.2. The Morgan fingerprint density at radius 1 is 1.00 bits per heavy atom. The molecule has 0 unspecified atom stereocenters. The first-order valence-corrected chi connectivity index (χ1v) is 11.2. The number of amides is 2. The van der Waals surface area contributed by atoms with Crippen molar-refractivity contribution in [2.45, 2.75) is 13.0 Å². The molecule has 4 aromatic rings. The van der Waals surface area contributed by atoms with Crippen molar-refractivity contribution in [1.29, 1.82) is 0 Å². The number of anilines is 1.